The van der Waals surface area contributed by atoms with Crippen LogP contribution in [0.4, 0.5) is 5.69 Å². The highest BCUT2D eigenvalue weighted by atomic mass is 16.6. The van der Waals surface area contributed by atoms with Crippen LogP contribution in [0.25, 0.3) is 0 Å². The fourth-order valence-corrected chi connectivity index (χ4v) is 2.21. The van der Waals surface area contributed by atoms with Crippen LogP contribution in [0.2, 0.25) is 0 Å². The highest BCUT2D eigenvalue weighted by molar-refractivity contribution is 5.99. The fraction of sp³-hybridized carbons (Fsp3) is 0.176. The number of carbonyl (C=O) groups is 2. The van der Waals surface area contributed by atoms with Crippen molar-refractivity contribution in [2.75, 3.05) is 21.3 Å². The first-order chi connectivity index (χ1) is 12.9. The Kier molecular flexibility index (Phi) is 6.15. The maximum Gasteiger partial charge on any atom is 0.311 e. The van der Waals surface area contributed by atoms with Gasteiger partial charge in [-0.1, -0.05) is 0 Å². The van der Waals surface area contributed by atoms with E-state index >= 15 is 0 Å². The van der Waals surface area contributed by atoms with E-state index in [0.29, 0.717) is 11.5 Å². The molecule has 0 spiro atoms. The number of carbonyl (C=O) groups excluding carboxylic acids is 2. The van der Waals surface area contributed by atoms with Crippen LogP contribution in [0, 0.1) is 10.1 Å². The van der Waals surface area contributed by atoms with E-state index in [1.54, 1.807) is 6.07 Å². The van der Waals surface area contributed by atoms with Gasteiger partial charge in [0.2, 0.25) is 0 Å². The van der Waals surface area contributed by atoms with Crippen molar-refractivity contribution in [1.82, 2.24) is 10.9 Å². The maximum atomic E-state index is 12.2. The average Bonchev–Trinajstić information content (AvgIpc) is 2.70. The molecule has 0 atom stereocenters. The molecular weight excluding hydrogens is 358 g/mol. The molecule has 27 heavy (non-hydrogen) atoms. The molecule has 0 aliphatic rings. The monoisotopic (exact) mass is 375 g/mol. The number of nitrogens with zero attached hydrogens (tertiary/aromatic N) is 1. The van der Waals surface area contributed by atoms with Crippen molar-refractivity contribution >= 4 is 17.5 Å². The van der Waals surface area contributed by atoms with Gasteiger partial charge in [-0.15, -0.1) is 0 Å². The summed E-state index contributed by atoms with van der Waals surface area (Å²) in [7, 11) is 4.18. The maximum absolute atomic E-state index is 12.2. The standard InChI is InChI=1S/C17H17N3O7/c1-25-13-6-4-10(8-12(13)20(23)24)16(21)18-19-17(22)11-5-7-14(26-2)15(9-11)27-3/h4-9H,1-3H3,(H,18,21)(H,19,22). The summed E-state index contributed by atoms with van der Waals surface area (Å²) < 4.78 is 15.1. The molecule has 2 aromatic carbocycles. The van der Waals surface area contributed by atoms with Crippen LogP contribution in [0.15, 0.2) is 36.4 Å². The zero-order valence-electron chi connectivity index (χ0n) is 14.8. The Balaban J connectivity index is 2.10. The molecule has 142 valence electrons. The average molecular weight is 375 g/mol. The predicted molar refractivity (Wildman–Crippen MR) is 94.1 cm³/mol. The minimum absolute atomic E-state index is 0.0184. The summed E-state index contributed by atoms with van der Waals surface area (Å²) in [5, 5.41) is 11.0. The SMILES string of the molecule is COc1ccc(C(=O)NNC(=O)c2ccc(OC)c([N+](=O)[O-])c2)cc1OC. The van der Waals surface area contributed by atoms with Gasteiger partial charge < -0.3 is 14.2 Å². The molecule has 0 bridgehead atoms. The van der Waals surface area contributed by atoms with Crippen LogP contribution < -0.4 is 25.1 Å². The molecule has 10 nitrogen and oxygen atoms in total. The molecule has 2 amide bonds. The van der Waals surface area contributed by atoms with Crippen LogP contribution in [-0.2, 0) is 0 Å². The van der Waals surface area contributed by atoms with Gasteiger partial charge in [-0.3, -0.25) is 30.6 Å². The number of methoxy groups -OCH3 is 3. The minimum atomic E-state index is -0.727. The molecule has 0 saturated heterocycles. The Morgan fingerprint density at radius 2 is 1.30 bits per heavy atom. The number of hydrogen-bond donors (Lipinski definition) is 2. The van der Waals surface area contributed by atoms with E-state index in [9.17, 15) is 19.7 Å². The molecule has 2 N–H and O–H groups in total. The van der Waals surface area contributed by atoms with Gasteiger partial charge in [0.1, 0.15) is 0 Å². The van der Waals surface area contributed by atoms with E-state index in [-0.39, 0.29) is 22.6 Å². The van der Waals surface area contributed by atoms with Gasteiger partial charge in [0.15, 0.2) is 17.2 Å². The number of nitro benzene ring substituents is 1. The van der Waals surface area contributed by atoms with E-state index < -0.39 is 16.7 Å². The molecule has 0 radical (unpaired) electrons. The number of hydrazine groups is 1. The van der Waals surface area contributed by atoms with E-state index in [0.717, 1.165) is 6.07 Å². The van der Waals surface area contributed by atoms with Gasteiger partial charge in [-0.25, -0.2) is 0 Å². The number of nitro groups is 1. The zero-order valence-corrected chi connectivity index (χ0v) is 14.8. The molecule has 2 aromatic rings. The summed E-state index contributed by atoms with van der Waals surface area (Å²) in [4.78, 5) is 34.7. The molecule has 0 fully saturated rings. The quantitative estimate of drug-likeness (QED) is 0.580. The lowest BCUT2D eigenvalue weighted by molar-refractivity contribution is -0.385. The molecule has 0 unspecified atom stereocenters. The molecule has 0 aromatic heterocycles. The summed E-state index contributed by atoms with van der Waals surface area (Å²) >= 11 is 0. The van der Waals surface area contributed by atoms with Gasteiger partial charge in [0, 0.05) is 17.2 Å². The van der Waals surface area contributed by atoms with Crippen molar-refractivity contribution in [3.8, 4) is 17.2 Å². The van der Waals surface area contributed by atoms with Crippen molar-refractivity contribution in [3.63, 3.8) is 0 Å². The molecule has 0 heterocycles. The second-order valence-electron chi connectivity index (χ2n) is 5.12. The molecular formula is C17H17N3O7. The zero-order chi connectivity index (χ0) is 20.0. The predicted octanol–water partition coefficient (Wildman–Crippen LogP) is 1.70. The normalized spacial score (nSPS) is 9.89. The van der Waals surface area contributed by atoms with Gasteiger partial charge in [0.25, 0.3) is 11.8 Å². The summed E-state index contributed by atoms with van der Waals surface area (Å²) in [5.74, 6) is -0.515. The number of benzene rings is 2. The third kappa shape index (κ3) is 4.42. The first-order valence-corrected chi connectivity index (χ1v) is 7.56. The Morgan fingerprint density at radius 1 is 0.815 bits per heavy atom. The van der Waals surface area contributed by atoms with Crippen molar-refractivity contribution in [2.24, 2.45) is 0 Å². The van der Waals surface area contributed by atoms with Gasteiger partial charge in [-0.05, 0) is 30.3 Å². The Hall–Kier alpha value is -3.82. The van der Waals surface area contributed by atoms with Gasteiger partial charge >= 0.3 is 5.69 Å². The lowest BCUT2D eigenvalue weighted by Gasteiger charge is -2.11. The molecule has 0 aliphatic carbocycles. The third-order valence-corrected chi connectivity index (χ3v) is 3.57. The van der Waals surface area contributed by atoms with Gasteiger partial charge in [-0.2, -0.15) is 0 Å². The van der Waals surface area contributed by atoms with E-state index in [1.165, 1.54) is 45.6 Å². The highest BCUT2D eigenvalue weighted by Gasteiger charge is 2.19. The minimum Gasteiger partial charge on any atom is -0.493 e. The van der Waals surface area contributed by atoms with Crippen molar-refractivity contribution in [3.05, 3.63) is 57.6 Å². The van der Waals surface area contributed by atoms with Crippen LogP contribution >= 0.6 is 0 Å². The van der Waals surface area contributed by atoms with Crippen LogP contribution in [0.5, 0.6) is 17.2 Å². The van der Waals surface area contributed by atoms with Crippen molar-refractivity contribution in [1.29, 1.82) is 0 Å². The third-order valence-electron chi connectivity index (χ3n) is 3.57. The summed E-state index contributed by atoms with van der Waals surface area (Å²) in [6.45, 7) is 0. The van der Waals surface area contributed by atoms with Crippen LogP contribution in [-0.4, -0.2) is 38.1 Å². The summed E-state index contributed by atoms with van der Waals surface area (Å²) in [5.41, 5.74) is 4.25. The summed E-state index contributed by atoms with van der Waals surface area (Å²) in [6, 6.07) is 8.16. The lowest BCUT2D eigenvalue weighted by Crippen LogP contribution is -2.41. The van der Waals surface area contributed by atoms with Crippen LogP contribution in [0.3, 0.4) is 0 Å². The topological polar surface area (TPSA) is 129 Å². The molecule has 10 heteroatoms. The summed E-state index contributed by atoms with van der Waals surface area (Å²) in [6.07, 6.45) is 0. The Morgan fingerprint density at radius 3 is 1.78 bits per heavy atom. The Bertz CT molecular complexity index is 883. The molecule has 0 saturated carbocycles. The highest BCUT2D eigenvalue weighted by Crippen LogP contribution is 2.28. The fourth-order valence-electron chi connectivity index (χ4n) is 2.21. The van der Waals surface area contributed by atoms with E-state index in [2.05, 4.69) is 10.9 Å². The number of hydrogen-bond acceptors (Lipinski definition) is 7. The van der Waals surface area contributed by atoms with E-state index in [4.69, 9.17) is 14.2 Å². The number of ether oxygens (including phenoxy) is 3. The first kappa shape index (κ1) is 19.5. The number of amides is 2. The van der Waals surface area contributed by atoms with Crippen molar-refractivity contribution in [2.45, 2.75) is 0 Å². The largest absolute Gasteiger partial charge is 0.493 e. The second-order valence-corrected chi connectivity index (χ2v) is 5.12. The van der Waals surface area contributed by atoms with Crippen molar-refractivity contribution < 1.29 is 28.7 Å². The van der Waals surface area contributed by atoms with Gasteiger partial charge in [0.05, 0.1) is 26.3 Å². The van der Waals surface area contributed by atoms with Crippen LogP contribution in [0.1, 0.15) is 20.7 Å². The second kappa shape index (κ2) is 8.52. The number of nitrogens with one attached hydrogen (secondary N) is 2. The molecule has 0 aliphatic heterocycles. The Labute approximate surface area is 154 Å². The first-order valence-electron chi connectivity index (χ1n) is 7.56. The number of rotatable bonds is 6. The molecule has 2 rings (SSSR count). The van der Waals surface area contributed by atoms with E-state index in [1.807, 2.05) is 0 Å². The smallest absolute Gasteiger partial charge is 0.311 e. The lowest BCUT2D eigenvalue weighted by atomic mass is 10.1.